The molecule has 0 spiro atoms. The first kappa shape index (κ1) is 6.83. The van der Waals surface area contributed by atoms with Gasteiger partial charge >= 0.3 is 0 Å². The summed E-state index contributed by atoms with van der Waals surface area (Å²) >= 11 is 2.32. The second kappa shape index (κ2) is 3.03. The summed E-state index contributed by atoms with van der Waals surface area (Å²) in [4.78, 5) is 1.86. The highest BCUT2D eigenvalue weighted by atomic mass is 127. The zero-order valence-electron chi connectivity index (χ0n) is 4.68. The summed E-state index contributed by atoms with van der Waals surface area (Å²) in [6, 6.07) is 0. The van der Waals surface area contributed by atoms with Crippen LogP contribution < -0.4 is 0 Å². The summed E-state index contributed by atoms with van der Waals surface area (Å²) in [6.45, 7) is 4.19. The second-order valence-electron chi connectivity index (χ2n) is 1.95. The van der Waals surface area contributed by atoms with Gasteiger partial charge in [-0.25, -0.2) is 3.11 Å². The van der Waals surface area contributed by atoms with Gasteiger partial charge in [0.1, 0.15) is 0 Å². The van der Waals surface area contributed by atoms with Crippen LogP contribution >= 0.6 is 22.9 Å². The third kappa shape index (κ3) is 1.91. The zero-order chi connectivity index (χ0) is 5.98. The highest BCUT2D eigenvalue weighted by molar-refractivity contribution is 14.1. The molecule has 0 unspecified atom stereocenters. The lowest BCUT2D eigenvalue weighted by atomic mass is 10.2. The summed E-state index contributed by atoms with van der Waals surface area (Å²) in [6.07, 6.45) is 0. The van der Waals surface area contributed by atoms with E-state index in [1.165, 1.54) is 0 Å². The standard InChI is InChI=1S/C4H8BIN2/c5-7-1-3-8(6)4-2-7/h1-4H2. The van der Waals surface area contributed by atoms with E-state index in [4.69, 9.17) is 7.98 Å². The van der Waals surface area contributed by atoms with E-state index in [9.17, 15) is 0 Å². The van der Waals surface area contributed by atoms with Crippen molar-refractivity contribution in [3.8, 4) is 0 Å². The Kier molecular flexibility index (Phi) is 2.59. The van der Waals surface area contributed by atoms with Crippen LogP contribution in [0.3, 0.4) is 0 Å². The predicted molar refractivity (Wildman–Crippen MR) is 42.9 cm³/mol. The zero-order valence-corrected chi connectivity index (χ0v) is 6.84. The first-order valence-electron chi connectivity index (χ1n) is 2.69. The third-order valence-electron chi connectivity index (χ3n) is 1.26. The minimum absolute atomic E-state index is 1.00. The normalized spacial score (nSPS) is 26.1. The SMILES string of the molecule is [B]N1CCN(I)CC1. The van der Waals surface area contributed by atoms with Crippen LogP contribution in [0.1, 0.15) is 0 Å². The number of rotatable bonds is 0. The molecule has 1 aliphatic rings. The number of piperazine rings is 1. The van der Waals surface area contributed by atoms with Gasteiger partial charge in [-0.1, -0.05) is 0 Å². The van der Waals surface area contributed by atoms with Crippen LogP contribution in [0.5, 0.6) is 0 Å². The van der Waals surface area contributed by atoms with Gasteiger partial charge in [-0.3, -0.25) is 0 Å². The molecule has 1 aliphatic heterocycles. The highest BCUT2D eigenvalue weighted by Gasteiger charge is 2.08. The Morgan fingerprint density at radius 2 is 1.62 bits per heavy atom. The van der Waals surface area contributed by atoms with E-state index in [1.807, 2.05) is 4.81 Å². The fraction of sp³-hybridized carbons (Fsp3) is 1.00. The molecular weight excluding hydrogens is 214 g/mol. The molecule has 0 amide bonds. The van der Waals surface area contributed by atoms with Crippen LogP contribution in [0.25, 0.3) is 0 Å². The first-order chi connectivity index (χ1) is 3.79. The van der Waals surface area contributed by atoms with E-state index in [0.717, 1.165) is 26.2 Å². The van der Waals surface area contributed by atoms with Gasteiger partial charge < -0.3 is 4.81 Å². The number of hydrogen-bond acceptors (Lipinski definition) is 2. The van der Waals surface area contributed by atoms with E-state index < -0.39 is 0 Å². The van der Waals surface area contributed by atoms with Crippen molar-refractivity contribution in [1.82, 2.24) is 7.92 Å². The predicted octanol–water partition coefficient (Wildman–Crippen LogP) is 0.0375. The Hall–Kier alpha value is 0.715. The monoisotopic (exact) mass is 222 g/mol. The smallest absolute Gasteiger partial charge is 0.182 e. The maximum atomic E-state index is 5.50. The molecule has 0 aliphatic carbocycles. The third-order valence-corrected chi connectivity index (χ3v) is 2.22. The van der Waals surface area contributed by atoms with Gasteiger partial charge in [0.25, 0.3) is 0 Å². The molecule has 1 heterocycles. The molecule has 0 saturated carbocycles. The van der Waals surface area contributed by atoms with Crippen LogP contribution in [0.15, 0.2) is 0 Å². The van der Waals surface area contributed by atoms with Crippen LogP contribution in [0, 0.1) is 0 Å². The van der Waals surface area contributed by atoms with Gasteiger partial charge in [-0.05, 0) is 0 Å². The van der Waals surface area contributed by atoms with E-state index in [1.54, 1.807) is 0 Å². The van der Waals surface area contributed by atoms with E-state index in [0.29, 0.717) is 0 Å². The summed E-state index contributed by atoms with van der Waals surface area (Å²) in [7, 11) is 5.50. The van der Waals surface area contributed by atoms with Gasteiger partial charge in [0.15, 0.2) is 7.98 Å². The molecule has 0 aromatic carbocycles. The molecule has 0 aromatic rings. The fourth-order valence-corrected chi connectivity index (χ4v) is 1.13. The van der Waals surface area contributed by atoms with Crippen molar-refractivity contribution in [2.45, 2.75) is 0 Å². The quantitative estimate of drug-likeness (QED) is 0.324. The molecule has 1 rings (SSSR count). The summed E-state index contributed by atoms with van der Waals surface area (Å²) in [5, 5.41) is 0. The molecule has 0 bridgehead atoms. The molecule has 44 valence electrons. The molecule has 0 aromatic heterocycles. The summed E-state index contributed by atoms with van der Waals surface area (Å²) in [5.41, 5.74) is 0. The topological polar surface area (TPSA) is 6.48 Å². The number of halogens is 1. The first-order valence-corrected chi connectivity index (χ1v) is 3.66. The minimum atomic E-state index is 1.00. The van der Waals surface area contributed by atoms with Crippen molar-refractivity contribution in [2.75, 3.05) is 26.2 Å². The van der Waals surface area contributed by atoms with Crippen molar-refractivity contribution >= 4 is 30.8 Å². The lowest BCUT2D eigenvalue weighted by molar-refractivity contribution is 0.317. The van der Waals surface area contributed by atoms with Crippen molar-refractivity contribution in [1.29, 1.82) is 0 Å². The molecule has 0 N–H and O–H groups in total. The van der Waals surface area contributed by atoms with Gasteiger partial charge in [0.2, 0.25) is 0 Å². The summed E-state index contributed by atoms with van der Waals surface area (Å²) in [5.74, 6) is 0. The van der Waals surface area contributed by atoms with Crippen molar-refractivity contribution in [3.05, 3.63) is 0 Å². The lowest BCUT2D eigenvalue weighted by Crippen LogP contribution is -2.40. The molecule has 1 fully saturated rings. The van der Waals surface area contributed by atoms with E-state index in [-0.39, 0.29) is 0 Å². The van der Waals surface area contributed by atoms with E-state index in [2.05, 4.69) is 26.0 Å². The highest BCUT2D eigenvalue weighted by Crippen LogP contribution is 2.02. The maximum absolute atomic E-state index is 5.50. The molecular formula is C4H8BIN2. The lowest BCUT2D eigenvalue weighted by Gasteiger charge is -2.28. The molecule has 8 heavy (non-hydrogen) atoms. The molecule has 2 nitrogen and oxygen atoms in total. The van der Waals surface area contributed by atoms with Crippen molar-refractivity contribution in [3.63, 3.8) is 0 Å². The van der Waals surface area contributed by atoms with Crippen molar-refractivity contribution < 1.29 is 0 Å². The second-order valence-corrected chi connectivity index (χ2v) is 3.31. The van der Waals surface area contributed by atoms with Gasteiger partial charge in [0, 0.05) is 49.0 Å². The fourth-order valence-electron chi connectivity index (χ4n) is 0.698. The Balaban J connectivity index is 2.19. The van der Waals surface area contributed by atoms with Gasteiger partial charge in [-0.2, -0.15) is 0 Å². The van der Waals surface area contributed by atoms with Gasteiger partial charge in [0.05, 0.1) is 0 Å². The Morgan fingerprint density at radius 3 is 2.00 bits per heavy atom. The Morgan fingerprint density at radius 1 is 1.12 bits per heavy atom. The molecule has 0 atom stereocenters. The summed E-state index contributed by atoms with van der Waals surface area (Å²) < 4.78 is 2.25. The van der Waals surface area contributed by atoms with Crippen LogP contribution in [-0.4, -0.2) is 42.1 Å². The van der Waals surface area contributed by atoms with Crippen LogP contribution in [0.4, 0.5) is 0 Å². The van der Waals surface area contributed by atoms with Gasteiger partial charge in [-0.15, -0.1) is 0 Å². The maximum Gasteiger partial charge on any atom is 0.182 e. The number of hydrogen-bond donors (Lipinski definition) is 0. The van der Waals surface area contributed by atoms with E-state index >= 15 is 0 Å². The molecule has 2 radical (unpaired) electrons. The Labute approximate surface area is 65.1 Å². The molecule has 4 heteroatoms. The molecule has 1 saturated heterocycles. The number of nitrogens with zero attached hydrogens (tertiary/aromatic N) is 2. The van der Waals surface area contributed by atoms with Crippen LogP contribution in [0.2, 0.25) is 0 Å². The average Bonchev–Trinajstić information content (AvgIpc) is 1.77. The average molecular weight is 222 g/mol. The largest absolute Gasteiger partial charge is 0.351 e. The van der Waals surface area contributed by atoms with Crippen LogP contribution in [-0.2, 0) is 0 Å². The minimum Gasteiger partial charge on any atom is -0.351 e. The van der Waals surface area contributed by atoms with Crippen molar-refractivity contribution in [2.24, 2.45) is 0 Å². The Bertz CT molecular complexity index is 62.4.